The van der Waals surface area contributed by atoms with E-state index in [-0.39, 0.29) is 0 Å². The lowest BCUT2D eigenvalue weighted by atomic mass is 9.98. The number of ether oxygens (including phenoxy) is 1. The molecule has 88 valence electrons. The Morgan fingerprint density at radius 2 is 2.19 bits per heavy atom. The van der Waals surface area contributed by atoms with Crippen LogP contribution in [0.2, 0.25) is 0 Å². The number of benzene rings is 1. The Hall–Kier alpha value is -1.16. The average Bonchev–Trinajstić information content (AvgIpc) is 2.30. The van der Waals surface area contributed by atoms with E-state index in [1.807, 2.05) is 12.1 Å². The third-order valence-corrected chi connectivity index (χ3v) is 2.86. The van der Waals surface area contributed by atoms with Gasteiger partial charge in [-0.25, -0.2) is 8.78 Å². The molecule has 1 atom stereocenters. The van der Waals surface area contributed by atoms with E-state index in [2.05, 4.69) is 5.32 Å². The molecule has 0 spiro atoms. The Labute approximate surface area is 93.6 Å². The Balaban J connectivity index is 2.39. The van der Waals surface area contributed by atoms with Gasteiger partial charge in [0.1, 0.15) is 5.75 Å². The highest BCUT2D eigenvalue weighted by molar-refractivity contribution is 5.44. The first-order valence-corrected chi connectivity index (χ1v) is 5.44. The molecule has 1 aliphatic rings. The van der Waals surface area contributed by atoms with Crippen molar-refractivity contribution >= 4 is 0 Å². The first-order chi connectivity index (χ1) is 7.74. The Morgan fingerprint density at radius 3 is 2.88 bits per heavy atom. The molecule has 0 fully saturated rings. The minimum atomic E-state index is -2.43. The van der Waals surface area contributed by atoms with E-state index in [0.29, 0.717) is 17.9 Å². The minimum absolute atomic E-state index is 0.565. The molecule has 0 aliphatic carbocycles. The molecule has 2 nitrogen and oxygen atoms in total. The number of alkyl halides is 2. The van der Waals surface area contributed by atoms with Gasteiger partial charge >= 0.3 is 0 Å². The maximum absolute atomic E-state index is 12.8. The van der Waals surface area contributed by atoms with Crippen LogP contribution in [0.15, 0.2) is 18.2 Å². The molecule has 1 unspecified atom stereocenters. The van der Waals surface area contributed by atoms with Gasteiger partial charge in [0.25, 0.3) is 6.43 Å². The average molecular weight is 227 g/mol. The lowest BCUT2D eigenvalue weighted by Crippen LogP contribution is -2.25. The minimum Gasteiger partial charge on any atom is -0.493 e. The summed E-state index contributed by atoms with van der Waals surface area (Å²) < 4.78 is 31.2. The van der Waals surface area contributed by atoms with E-state index < -0.39 is 12.5 Å². The van der Waals surface area contributed by atoms with E-state index in [1.54, 1.807) is 13.1 Å². The molecule has 0 saturated heterocycles. The zero-order chi connectivity index (χ0) is 11.5. The molecule has 0 radical (unpaired) electrons. The van der Waals surface area contributed by atoms with Crippen LogP contribution in [-0.4, -0.2) is 20.1 Å². The second kappa shape index (κ2) is 4.78. The van der Waals surface area contributed by atoms with Gasteiger partial charge in [0.2, 0.25) is 0 Å². The fourth-order valence-corrected chi connectivity index (χ4v) is 2.08. The Bertz CT molecular complexity index is 368. The van der Waals surface area contributed by atoms with E-state index in [0.717, 1.165) is 18.4 Å². The molecule has 4 heteroatoms. The van der Waals surface area contributed by atoms with Crippen molar-refractivity contribution < 1.29 is 13.5 Å². The second-order valence-electron chi connectivity index (χ2n) is 3.89. The summed E-state index contributed by atoms with van der Waals surface area (Å²) in [6, 6.07) is 4.51. The highest BCUT2D eigenvalue weighted by Crippen LogP contribution is 2.34. The fourth-order valence-electron chi connectivity index (χ4n) is 2.08. The molecule has 0 amide bonds. The molecule has 0 saturated carbocycles. The van der Waals surface area contributed by atoms with Crippen LogP contribution in [0, 0.1) is 0 Å². The van der Waals surface area contributed by atoms with Crippen molar-refractivity contribution in [3.63, 3.8) is 0 Å². The van der Waals surface area contributed by atoms with E-state index in [1.165, 1.54) is 0 Å². The molecule has 2 rings (SSSR count). The molecule has 1 aromatic carbocycles. The highest BCUT2D eigenvalue weighted by atomic mass is 19.3. The van der Waals surface area contributed by atoms with Gasteiger partial charge < -0.3 is 10.1 Å². The van der Waals surface area contributed by atoms with Crippen LogP contribution >= 0.6 is 0 Å². The monoisotopic (exact) mass is 227 g/mol. The van der Waals surface area contributed by atoms with Crippen LogP contribution in [0.1, 0.15) is 23.6 Å². The van der Waals surface area contributed by atoms with Gasteiger partial charge in [0.15, 0.2) is 0 Å². The van der Waals surface area contributed by atoms with Gasteiger partial charge in [-0.15, -0.1) is 0 Å². The number of hydrogen-bond acceptors (Lipinski definition) is 2. The van der Waals surface area contributed by atoms with Gasteiger partial charge in [-0.2, -0.15) is 0 Å². The molecule has 1 heterocycles. The van der Waals surface area contributed by atoms with Crippen molar-refractivity contribution in [3.05, 3.63) is 29.3 Å². The normalized spacial score (nSPS) is 16.8. The van der Waals surface area contributed by atoms with Gasteiger partial charge in [-0.3, -0.25) is 0 Å². The summed E-state index contributed by atoms with van der Waals surface area (Å²) in [5, 5.41) is 2.64. The lowest BCUT2D eigenvalue weighted by Gasteiger charge is -2.24. The molecule has 16 heavy (non-hydrogen) atoms. The molecule has 1 aliphatic heterocycles. The van der Waals surface area contributed by atoms with E-state index in [4.69, 9.17) is 4.74 Å². The Kier molecular flexibility index (Phi) is 3.39. The largest absolute Gasteiger partial charge is 0.493 e. The quantitative estimate of drug-likeness (QED) is 0.856. The smallest absolute Gasteiger partial charge is 0.257 e. The van der Waals surface area contributed by atoms with Crippen LogP contribution in [0.5, 0.6) is 5.75 Å². The van der Waals surface area contributed by atoms with Crippen LogP contribution in [0.3, 0.4) is 0 Å². The number of aryl methyl sites for hydroxylation is 1. The van der Waals surface area contributed by atoms with E-state index in [9.17, 15) is 8.78 Å². The van der Waals surface area contributed by atoms with Crippen LogP contribution in [0.25, 0.3) is 0 Å². The number of para-hydroxylation sites is 1. The summed E-state index contributed by atoms with van der Waals surface area (Å²) in [6.45, 7) is 0.615. The van der Waals surface area contributed by atoms with Crippen molar-refractivity contribution in [2.24, 2.45) is 0 Å². The van der Waals surface area contributed by atoms with Crippen LogP contribution < -0.4 is 10.1 Å². The molecule has 1 aromatic rings. The van der Waals surface area contributed by atoms with Crippen molar-refractivity contribution in [2.45, 2.75) is 25.3 Å². The summed E-state index contributed by atoms with van der Waals surface area (Å²) in [7, 11) is 1.54. The second-order valence-corrected chi connectivity index (χ2v) is 3.89. The topological polar surface area (TPSA) is 21.3 Å². The maximum atomic E-state index is 12.8. The van der Waals surface area contributed by atoms with Crippen LogP contribution in [-0.2, 0) is 6.42 Å². The summed E-state index contributed by atoms with van der Waals surface area (Å²) in [5.74, 6) is 0.647. The molecular weight excluding hydrogens is 212 g/mol. The van der Waals surface area contributed by atoms with Gasteiger partial charge in [-0.1, -0.05) is 18.2 Å². The first-order valence-electron chi connectivity index (χ1n) is 5.44. The number of rotatable bonds is 3. The van der Waals surface area contributed by atoms with Crippen LogP contribution in [0.4, 0.5) is 8.78 Å². The zero-order valence-corrected chi connectivity index (χ0v) is 9.17. The van der Waals surface area contributed by atoms with E-state index >= 15 is 0 Å². The van der Waals surface area contributed by atoms with Crippen molar-refractivity contribution in [3.8, 4) is 5.75 Å². The summed E-state index contributed by atoms with van der Waals surface area (Å²) >= 11 is 0. The number of fused-ring (bicyclic) bond motifs is 1. The summed E-state index contributed by atoms with van der Waals surface area (Å²) in [6.07, 6.45) is -0.569. The standard InChI is InChI=1S/C12H15F2NO/c1-15-10(12(13)14)9-6-2-4-8-5-3-7-16-11(8)9/h2,4,6,10,12,15H,3,5,7H2,1H3. The summed E-state index contributed by atoms with van der Waals surface area (Å²) in [4.78, 5) is 0. The highest BCUT2D eigenvalue weighted by Gasteiger charge is 2.26. The first kappa shape index (κ1) is 11.3. The van der Waals surface area contributed by atoms with Gasteiger partial charge in [0, 0.05) is 5.56 Å². The maximum Gasteiger partial charge on any atom is 0.257 e. The third kappa shape index (κ3) is 2.02. The molecule has 1 N–H and O–H groups in total. The van der Waals surface area contributed by atoms with Gasteiger partial charge in [0.05, 0.1) is 12.6 Å². The Morgan fingerprint density at radius 1 is 1.38 bits per heavy atom. The lowest BCUT2D eigenvalue weighted by molar-refractivity contribution is 0.100. The number of nitrogens with one attached hydrogen (secondary N) is 1. The predicted molar refractivity (Wildman–Crippen MR) is 58.1 cm³/mol. The molecule has 0 bridgehead atoms. The van der Waals surface area contributed by atoms with Crippen molar-refractivity contribution in [1.29, 1.82) is 0 Å². The number of halogens is 2. The van der Waals surface area contributed by atoms with Gasteiger partial charge in [-0.05, 0) is 25.5 Å². The fraction of sp³-hybridized carbons (Fsp3) is 0.500. The van der Waals surface area contributed by atoms with Crippen molar-refractivity contribution in [1.82, 2.24) is 5.32 Å². The number of hydrogen-bond donors (Lipinski definition) is 1. The SMILES string of the molecule is CNC(c1cccc2c1OCCC2)C(F)F. The summed E-state index contributed by atoms with van der Waals surface area (Å²) in [5.41, 5.74) is 1.60. The molecule has 0 aromatic heterocycles. The third-order valence-electron chi connectivity index (χ3n) is 2.86. The van der Waals surface area contributed by atoms with Crippen molar-refractivity contribution in [2.75, 3.05) is 13.7 Å². The zero-order valence-electron chi connectivity index (χ0n) is 9.17. The predicted octanol–water partition coefficient (Wildman–Crippen LogP) is 2.54. The molecular formula is C12H15F2NO.